The van der Waals surface area contributed by atoms with E-state index < -0.39 is 17.7 Å². The van der Waals surface area contributed by atoms with Crippen LogP contribution in [0, 0.1) is 0 Å². The van der Waals surface area contributed by atoms with Crippen molar-refractivity contribution >= 4 is 34.2 Å². The number of hydrogen-bond acceptors (Lipinski definition) is 5. The van der Waals surface area contributed by atoms with Crippen molar-refractivity contribution in [2.24, 2.45) is 0 Å². The van der Waals surface area contributed by atoms with Gasteiger partial charge in [0.05, 0.1) is 0 Å². The minimum absolute atomic E-state index is 0.378. The molecule has 5 rings (SSSR count). The maximum atomic E-state index is 12.9. The summed E-state index contributed by atoms with van der Waals surface area (Å²) in [4.78, 5) is 39.3. The van der Waals surface area contributed by atoms with Crippen LogP contribution in [0.25, 0.3) is 10.8 Å². The van der Waals surface area contributed by atoms with Gasteiger partial charge in [-0.3, -0.25) is 19.3 Å². The van der Waals surface area contributed by atoms with Gasteiger partial charge in [0, 0.05) is 28.3 Å². The third kappa shape index (κ3) is 2.87. The van der Waals surface area contributed by atoms with Crippen LogP contribution in [-0.2, 0) is 4.79 Å². The maximum Gasteiger partial charge on any atom is 0.261 e. The highest BCUT2D eigenvalue weighted by Crippen LogP contribution is 2.33. The molecule has 0 aliphatic carbocycles. The van der Waals surface area contributed by atoms with Crippen LogP contribution in [-0.4, -0.2) is 42.4 Å². The van der Waals surface area contributed by atoms with Gasteiger partial charge in [0.15, 0.2) is 11.5 Å². The first-order valence-electron chi connectivity index (χ1n) is 9.19. The number of fused-ring (bicyclic) bond motifs is 1. The van der Waals surface area contributed by atoms with E-state index in [1.807, 2.05) is 12.1 Å². The molecule has 0 aromatic heterocycles. The van der Waals surface area contributed by atoms with Gasteiger partial charge >= 0.3 is 0 Å². The highest BCUT2D eigenvalue weighted by molar-refractivity contribution is 6.26. The average Bonchev–Trinajstić information content (AvgIpc) is 2.75. The molecule has 0 spiro atoms. The quantitative estimate of drug-likeness (QED) is 0.698. The summed E-state index contributed by atoms with van der Waals surface area (Å²) in [6.45, 7) is 0.537. The van der Waals surface area contributed by atoms with Gasteiger partial charge in [-0.25, -0.2) is 0 Å². The molecule has 2 aliphatic rings. The summed E-state index contributed by atoms with van der Waals surface area (Å²) in [7, 11) is 0. The molecule has 3 amide bonds. The molecular weight excluding hydrogens is 372 g/mol. The Balaban J connectivity index is 1.39. The van der Waals surface area contributed by atoms with Gasteiger partial charge in [0.25, 0.3) is 11.8 Å². The molecule has 144 valence electrons. The number of anilines is 1. The van der Waals surface area contributed by atoms with E-state index in [1.165, 1.54) is 0 Å². The fourth-order valence-corrected chi connectivity index (χ4v) is 3.69. The van der Waals surface area contributed by atoms with Crippen LogP contribution in [0.15, 0.2) is 54.6 Å². The average molecular weight is 388 g/mol. The van der Waals surface area contributed by atoms with Crippen molar-refractivity contribution in [3.05, 3.63) is 65.7 Å². The number of nitrogens with one attached hydrogen (secondary N) is 1. The van der Waals surface area contributed by atoms with Gasteiger partial charge in [0.2, 0.25) is 5.91 Å². The zero-order valence-corrected chi connectivity index (χ0v) is 15.3. The van der Waals surface area contributed by atoms with Crippen molar-refractivity contribution in [2.75, 3.05) is 25.1 Å². The van der Waals surface area contributed by atoms with E-state index in [0.717, 1.165) is 10.3 Å². The molecule has 7 nitrogen and oxygen atoms in total. The number of carbonyl (C=O) groups is 3. The summed E-state index contributed by atoms with van der Waals surface area (Å²) < 4.78 is 11.0. The highest BCUT2D eigenvalue weighted by atomic mass is 16.6. The van der Waals surface area contributed by atoms with Gasteiger partial charge in [-0.05, 0) is 29.7 Å². The Morgan fingerprint density at radius 2 is 1.55 bits per heavy atom. The monoisotopic (exact) mass is 388 g/mol. The lowest BCUT2D eigenvalue weighted by Gasteiger charge is -2.26. The van der Waals surface area contributed by atoms with Crippen molar-refractivity contribution in [1.82, 2.24) is 4.90 Å². The number of carbonyl (C=O) groups excluding carboxylic acids is 3. The Bertz CT molecular complexity index is 1140. The minimum Gasteiger partial charge on any atom is -0.486 e. The van der Waals surface area contributed by atoms with Gasteiger partial charge < -0.3 is 14.8 Å². The molecular formula is C22H16N2O5. The van der Waals surface area contributed by atoms with Crippen molar-refractivity contribution in [3.63, 3.8) is 0 Å². The van der Waals surface area contributed by atoms with Crippen LogP contribution >= 0.6 is 0 Å². The maximum absolute atomic E-state index is 12.9. The van der Waals surface area contributed by atoms with Crippen LogP contribution in [0.5, 0.6) is 11.5 Å². The zero-order chi connectivity index (χ0) is 20.0. The van der Waals surface area contributed by atoms with Gasteiger partial charge in [-0.15, -0.1) is 0 Å². The Morgan fingerprint density at radius 3 is 2.24 bits per heavy atom. The van der Waals surface area contributed by atoms with Crippen LogP contribution in [0.2, 0.25) is 0 Å². The molecule has 0 saturated heterocycles. The Hall–Kier alpha value is -3.87. The summed E-state index contributed by atoms with van der Waals surface area (Å²) >= 11 is 0. The SMILES string of the molecule is O=C(CN1C(=O)c2cccc3cccc(c23)C1=O)Nc1ccc2c(c1)OCCO2. The number of hydrogen-bond donors (Lipinski definition) is 1. The molecule has 1 N–H and O–H groups in total. The predicted molar refractivity (Wildman–Crippen MR) is 105 cm³/mol. The lowest BCUT2D eigenvalue weighted by molar-refractivity contribution is -0.116. The number of rotatable bonds is 3. The summed E-state index contributed by atoms with van der Waals surface area (Å²) in [5.74, 6) is -0.275. The van der Waals surface area contributed by atoms with Gasteiger partial charge in [-0.2, -0.15) is 0 Å². The van der Waals surface area contributed by atoms with Crippen LogP contribution < -0.4 is 14.8 Å². The van der Waals surface area contributed by atoms with E-state index >= 15 is 0 Å². The predicted octanol–water partition coefficient (Wildman–Crippen LogP) is 2.85. The summed E-state index contributed by atoms with van der Waals surface area (Å²) in [5, 5.41) is 4.16. The topological polar surface area (TPSA) is 84.9 Å². The molecule has 7 heteroatoms. The number of amides is 3. The smallest absolute Gasteiger partial charge is 0.261 e. The molecule has 2 heterocycles. The van der Waals surface area contributed by atoms with E-state index in [4.69, 9.17) is 9.47 Å². The van der Waals surface area contributed by atoms with Crippen LogP contribution in [0.3, 0.4) is 0 Å². The van der Waals surface area contributed by atoms with Gasteiger partial charge in [0.1, 0.15) is 19.8 Å². The largest absolute Gasteiger partial charge is 0.486 e. The molecule has 0 radical (unpaired) electrons. The fraction of sp³-hybridized carbons (Fsp3) is 0.136. The number of imide groups is 1. The first-order valence-corrected chi connectivity index (χ1v) is 9.19. The van der Waals surface area contributed by atoms with E-state index in [1.54, 1.807) is 42.5 Å². The van der Waals surface area contributed by atoms with Crippen molar-refractivity contribution in [1.29, 1.82) is 0 Å². The third-order valence-electron chi connectivity index (χ3n) is 4.98. The minimum atomic E-state index is -0.477. The van der Waals surface area contributed by atoms with Gasteiger partial charge in [-0.1, -0.05) is 24.3 Å². The molecule has 0 atom stereocenters. The van der Waals surface area contributed by atoms with E-state index in [9.17, 15) is 14.4 Å². The number of ether oxygens (including phenoxy) is 2. The second-order valence-electron chi connectivity index (χ2n) is 6.81. The first-order chi connectivity index (χ1) is 14.1. The lowest BCUT2D eigenvalue weighted by Crippen LogP contribution is -2.44. The third-order valence-corrected chi connectivity index (χ3v) is 4.98. The normalized spacial score (nSPS) is 14.8. The summed E-state index contributed by atoms with van der Waals surface area (Å²) in [6, 6.07) is 15.6. The van der Waals surface area contributed by atoms with E-state index in [2.05, 4.69) is 5.32 Å². The molecule has 0 unspecified atom stereocenters. The summed E-state index contributed by atoms with van der Waals surface area (Å²) in [5.41, 5.74) is 1.34. The van der Waals surface area contributed by atoms with Crippen LogP contribution in [0.1, 0.15) is 20.7 Å². The Kier molecular flexibility index (Phi) is 3.94. The molecule has 29 heavy (non-hydrogen) atoms. The van der Waals surface area contributed by atoms with Crippen LogP contribution in [0.4, 0.5) is 5.69 Å². The fourth-order valence-electron chi connectivity index (χ4n) is 3.69. The molecule has 0 bridgehead atoms. The Labute approximate surface area is 165 Å². The van der Waals surface area contributed by atoms with Crippen molar-refractivity contribution < 1.29 is 23.9 Å². The molecule has 0 saturated carbocycles. The lowest BCUT2D eigenvalue weighted by atomic mass is 9.94. The molecule has 3 aromatic rings. The molecule has 3 aromatic carbocycles. The standard InChI is InChI=1S/C22H16N2O5/c25-19(23-14-7-8-17-18(11-14)29-10-9-28-17)12-24-21(26)15-5-1-3-13-4-2-6-16(20(13)15)22(24)27/h1-8,11H,9-10,12H2,(H,23,25). The second-order valence-corrected chi connectivity index (χ2v) is 6.81. The number of nitrogens with zero attached hydrogens (tertiary/aromatic N) is 1. The van der Waals surface area contributed by atoms with Crippen molar-refractivity contribution in [2.45, 2.75) is 0 Å². The van der Waals surface area contributed by atoms with Crippen molar-refractivity contribution in [3.8, 4) is 11.5 Å². The highest BCUT2D eigenvalue weighted by Gasteiger charge is 2.33. The molecule has 0 fully saturated rings. The van der Waals surface area contributed by atoms with E-state index in [0.29, 0.717) is 46.9 Å². The number of benzene rings is 3. The Morgan fingerprint density at radius 1 is 0.897 bits per heavy atom. The second kappa shape index (κ2) is 6.63. The summed E-state index contributed by atoms with van der Waals surface area (Å²) in [6.07, 6.45) is 0. The first kappa shape index (κ1) is 17.2. The van der Waals surface area contributed by atoms with E-state index in [-0.39, 0.29) is 6.54 Å². The molecule has 2 aliphatic heterocycles. The zero-order valence-electron chi connectivity index (χ0n) is 15.3.